The van der Waals surface area contributed by atoms with Crippen molar-refractivity contribution in [3.8, 4) is 11.5 Å². The van der Waals surface area contributed by atoms with E-state index in [0.717, 1.165) is 22.7 Å². The maximum absolute atomic E-state index is 12.1. The molecule has 0 amide bonds. The first kappa shape index (κ1) is 14.3. The maximum Gasteiger partial charge on any atom is 0.331 e. The Hall–Kier alpha value is -3.02. The number of rotatable bonds is 2. The molecule has 0 bridgehead atoms. The number of benzene rings is 2. The highest BCUT2D eigenvalue weighted by Crippen LogP contribution is 2.48. The topological polar surface area (TPSA) is 60.4 Å². The first-order valence-corrected chi connectivity index (χ1v) is 8.21. The molecule has 2 aromatic carbocycles. The highest BCUT2D eigenvalue weighted by atomic mass is 16.5. The third-order valence-corrected chi connectivity index (χ3v) is 4.99. The number of hydrogen-bond acceptors (Lipinski definition) is 6. The van der Waals surface area contributed by atoms with E-state index in [1.165, 1.54) is 0 Å². The minimum absolute atomic E-state index is 0.0561. The van der Waals surface area contributed by atoms with Gasteiger partial charge in [0.1, 0.15) is 5.75 Å². The lowest BCUT2D eigenvalue weighted by molar-refractivity contribution is -0.138. The molecule has 0 unspecified atom stereocenters. The molecule has 3 heterocycles. The minimum atomic E-state index is -0.521. The van der Waals surface area contributed by atoms with Crippen molar-refractivity contribution < 1.29 is 19.0 Å². The molecular weight excluding hydrogens is 320 g/mol. The van der Waals surface area contributed by atoms with Gasteiger partial charge in [-0.05, 0) is 29.8 Å². The van der Waals surface area contributed by atoms with Crippen LogP contribution in [0.3, 0.4) is 0 Å². The lowest BCUT2D eigenvalue weighted by Crippen LogP contribution is -2.46. The normalized spacial score (nSPS) is 26.1. The van der Waals surface area contributed by atoms with Crippen LogP contribution < -0.4 is 14.4 Å². The molecule has 0 radical (unpaired) electrons. The van der Waals surface area contributed by atoms with E-state index < -0.39 is 6.04 Å². The largest absolute Gasteiger partial charge is 0.497 e. The van der Waals surface area contributed by atoms with Gasteiger partial charge < -0.3 is 14.2 Å². The molecular formula is C19H16N2O4. The van der Waals surface area contributed by atoms with Gasteiger partial charge in [0.2, 0.25) is 0 Å². The SMILES string of the molecule is COc1ccc([C@@H]2[C@@H]3COC(=O)[C@@H]3N=C3Oc4ccccc4N32)cc1. The number of para-hydroxylation sites is 2. The fourth-order valence-corrected chi connectivity index (χ4v) is 3.80. The summed E-state index contributed by atoms with van der Waals surface area (Å²) in [6.07, 6.45) is 0. The number of cyclic esters (lactones) is 1. The Morgan fingerprint density at radius 2 is 1.96 bits per heavy atom. The zero-order valence-electron chi connectivity index (χ0n) is 13.6. The molecule has 126 valence electrons. The van der Waals surface area contributed by atoms with Crippen LogP contribution in [0.4, 0.5) is 5.69 Å². The van der Waals surface area contributed by atoms with Gasteiger partial charge in [0.05, 0.1) is 31.4 Å². The van der Waals surface area contributed by atoms with Gasteiger partial charge in [0.25, 0.3) is 6.02 Å². The molecule has 0 N–H and O–H groups in total. The Bertz CT molecular complexity index is 877. The minimum Gasteiger partial charge on any atom is -0.497 e. The first-order chi connectivity index (χ1) is 12.3. The summed E-state index contributed by atoms with van der Waals surface area (Å²) in [5.41, 5.74) is 2.03. The number of hydrogen-bond donors (Lipinski definition) is 0. The van der Waals surface area contributed by atoms with Crippen LogP contribution in [0.2, 0.25) is 0 Å². The summed E-state index contributed by atoms with van der Waals surface area (Å²) in [5, 5.41) is 0. The maximum atomic E-state index is 12.1. The van der Waals surface area contributed by atoms with Gasteiger partial charge in [0, 0.05) is 0 Å². The summed E-state index contributed by atoms with van der Waals surface area (Å²) in [4.78, 5) is 18.7. The second-order valence-electron chi connectivity index (χ2n) is 6.31. The van der Waals surface area contributed by atoms with E-state index in [9.17, 15) is 4.79 Å². The average molecular weight is 336 g/mol. The van der Waals surface area contributed by atoms with Crippen LogP contribution in [-0.4, -0.2) is 31.7 Å². The van der Waals surface area contributed by atoms with Crippen LogP contribution >= 0.6 is 0 Å². The van der Waals surface area contributed by atoms with Crippen LogP contribution in [0.5, 0.6) is 11.5 Å². The van der Waals surface area contributed by atoms with Gasteiger partial charge >= 0.3 is 5.97 Å². The summed E-state index contributed by atoms with van der Waals surface area (Å²) in [6, 6.07) is 15.6. The lowest BCUT2D eigenvalue weighted by Gasteiger charge is -2.36. The number of carbonyl (C=O) groups is 1. The molecule has 0 spiro atoms. The summed E-state index contributed by atoms with van der Waals surface area (Å²) >= 11 is 0. The number of fused-ring (bicyclic) bond motifs is 4. The van der Waals surface area contributed by atoms with Crippen molar-refractivity contribution in [3.05, 3.63) is 54.1 Å². The summed E-state index contributed by atoms with van der Waals surface area (Å²) < 4.78 is 16.5. The molecule has 6 nitrogen and oxygen atoms in total. The van der Waals surface area contributed by atoms with E-state index in [4.69, 9.17) is 14.2 Å². The molecule has 1 saturated heterocycles. The summed E-state index contributed by atoms with van der Waals surface area (Å²) in [5.74, 6) is 1.21. The Morgan fingerprint density at radius 1 is 1.16 bits per heavy atom. The first-order valence-electron chi connectivity index (χ1n) is 8.21. The standard InChI is InChI=1S/C19H16N2O4/c1-23-12-8-6-11(7-9-12)17-13-10-24-18(22)16(13)20-19-21(17)14-4-2-3-5-15(14)25-19/h2-9,13,16-17H,10H2,1H3/t13-,16-,17-/m1/s1. The van der Waals surface area contributed by atoms with E-state index in [1.54, 1.807) is 7.11 Å². The van der Waals surface area contributed by atoms with Crippen LogP contribution in [0.25, 0.3) is 0 Å². The molecule has 2 aromatic rings. The Morgan fingerprint density at radius 3 is 2.76 bits per heavy atom. The van der Waals surface area contributed by atoms with E-state index in [0.29, 0.717) is 12.6 Å². The van der Waals surface area contributed by atoms with Crippen molar-refractivity contribution in [3.63, 3.8) is 0 Å². The molecule has 0 aliphatic carbocycles. The molecule has 3 atom stereocenters. The van der Waals surface area contributed by atoms with E-state index >= 15 is 0 Å². The monoisotopic (exact) mass is 336 g/mol. The molecule has 3 aliphatic heterocycles. The van der Waals surface area contributed by atoms with Crippen LogP contribution in [0.15, 0.2) is 53.5 Å². The molecule has 5 rings (SSSR count). The second-order valence-corrected chi connectivity index (χ2v) is 6.31. The second kappa shape index (κ2) is 5.24. The van der Waals surface area contributed by atoms with Gasteiger partial charge in [0.15, 0.2) is 11.8 Å². The number of anilines is 1. The number of aliphatic imine (C=N–C) groups is 1. The number of carbonyl (C=O) groups excluding carboxylic acids is 1. The molecule has 3 aliphatic rings. The van der Waals surface area contributed by atoms with Crippen molar-refractivity contribution in [2.75, 3.05) is 18.6 Å². The van der Waals surface area contributed by atoms with Crippen molar-refractivity contribution in [1.29, 1.82) is 0 Å². The summed E-state index contributed by atoms with van der Waals surface area (Å²) in [6.45, 7) is 0.357. The highest BCUT2D eigenvalue weighted by molar-refractivity contribution is 6.03. The van der Waals surface area contributed by atoms with Gasteiger partial charge in [-0.3, -0.25) is 4.90 Å². The van der Waals surface area contributed by atoms with Gasteiger partial charge in [-0.2, -0.15) is 0 Å². The number of amidine groups is 1. The number of esters is 1. The van der Waals surface area contributed by atoms with Crippen molar-refractivity contribution in [2.45, 2.75) is 12.1 Å². The van der Waals surface area contributed by atoms with Gasteiger partial charge in [-0.25, -0.2) is 9.79 Å². The molecule has 25 heavy (non-hydrogen) atoms. The number of nitrogens with zero attached hydrogens (tertiary/aromatic N) is 2. The van der Waals surface area contributed by atoms with Crippen LogP contribution in [-0.2, 0) is 9.53 Å². The smallest absolute Gasteiger partial charge is 0.331 e. The van der Waals surface area contributed by atoms with Crippen molar-refractivity contribution >= 4 is 17.7 Å². The average Bonchev–Trinajstić information content (AvgIpc) is 3.21. The fraction of sp³-hybridized carbons (Fsp3) is 0.263. The molecule has 1 fully saturated rings. The van der Waals surface area contributed by atoms with Gasteiger partial charge in [-0.1, -0.05) is 24.3 Å². The van der Waals surface area contributed by atoms with Crippen LogP contribution in [0.1, 0.15) is 11.6 Å². The third kappa shape index (κ3) is 2.03. The van der Waals surface area contributed by atoms with Gasteiger partial charge in [-0.15, -0.1) is 0 Å². The third-order valence-electron chi connectivity index (χ3n) is 4.99. The Labute approximate surface area is 144 Å². The zero-order valence-corrected chi connectivity index (χ0v) is 13.6. The quantitative estimate of drug-likeness (QED) is 0.789. The van der Waals surface area contributed by atoms with E-state index in [1.807, 2.05) is 48.5 Å². The predicted octanol–water partition coefficient (Wildman–Crippen LogP) is 2.55. The Kier molecular flexibility index (Phi) is 3.00. The van der Waals surface area contributed by atoms with Crippen LogP contribution in [0, 0.1) is 5.92 Å². The number of methoxy groups -OCH3 is 1. The van der Waals surface area contributed by atoms with E-state index in [-0.39, 0.29) is 17.9 Å². The van der Waals surface area contributed by atoms with Crippen molar-refractivity contribution in [1.82, 2.24) is 0 Å². The molecule has 0 saturated carbocycles. The van der Waals surface area contributed by atoms with E-state index in [2.05, 4.69) is 9.89 Å². The number of ether oxygens (including phenoxy) is 3. The summed E-state index contributed by atoms with van der Waals surface area (Å²) in [7, 11) is 1.64. The molecule has 6 heteroatoms. The zero-order chi connectivity index (χ0) is 17.0. The highest BCUT2D eigenvalue weighted by Gasteiger charge is 2.52. The van der Waals surface area contributed by atoms with Crippen molar-refractivity contribution in [2.24, 2.45) is 10.9 Å². The molecule has 0 aromatic heterocycles. The predicted molar refractivity (Wildman–Crippen MR) is 91.0 cm³/mol. The lowest BCUT2D eigenvalue weighted by atomic mass is 9.86. The fourth-order valence-electron chi connectivity index (χ4n) is 3.80. The Balaban J connectivity index is 1.65.